The molecule has 1 N–H and O–H groups in total. The Bertz CT molecular complexity index is 526. The van der Waals surface area contributed by atoms with Crippen LogP contribution >= 0.6 is 0 Å². The van der Waals surface area contributed by atoms with Crippen LogP contribution in [-0.2, 0) is 6.54 Å². The van der Waals surface area contributed by atoms with Crippen molar-refractivity contribution in [3.8, 4) is 0 Å². The molecule has 1 aromatic carbocycles. The minimum Gasteiger partial charge on any atom is -0.329 e. The van der Waals surface area contributed by atoms with Crippen LogP contribution in [0.1, 0.15) is 32.1 Å². The summed E-state index contributed by atoms with van der Waals surface area (Å²) in [6.45, 7) is 1.03. The monoisotopic (exact) mass is 257 g/mol. The molecule has 0 radical (unpaired) electrons. The number of hydrogen-bond donors (Lipinski definition) is 1. The Labute approximate surface area is 115 Å². The molecule has 2 aromatic rings. The van der Waals surface area contributed by atoms with Crippen molar-refractivity contribution in [3.05, 3.63) is 30.6 Å². The highest BCUT2D eigenvalue weighted by Gasteiger charge is 2.22. The van der Waals surface area contributed by atoms with Gasteiger partial charge in [0.15, 0.2) is 0 Å². The second-order valence-electron chi connectivity index (χ2n) is 5.68. The minimum absolute atomic E-state index is 0.568. The number of hydrogen-bond acceptors (Lipinski definition) is 2. The van der Waals surface area contributed by atoms with Gasteiger partial charge in [0.25, 0.3) is 0 Å². The van der Waals surface area contributed by atoms with Gasteiger partial charge >= 0.3 is 0 Å². The molecule has 102 valence electrons. The Hall–Kier alpha value is -1.35. The van der Waals surface area contributed by atoms with Crippen LogP contribution in [0.25, 0.3) is 11.0 Å². The summed E-state index contributed by atoms with van der Waals surface area (Å²) in [7, 11) is 2.10. The Morgan fingerprint density at radius 1 is 1.26 bits per heavy atom. The molecule has 3 nitrogen and oxygen atoms in total. The predicted molar refractivity (Wildman–Crippen MR) is 79.2 cm³/mol. The Morgan fingerprint density at radius 2 is 2.05 bits per heavy atom. The first-order chi connectivity index (χ1) is 9.38. The van der Waals surface area contributed by atoms with Gasteiger partial charge in [0.1, 0.15) is 0 Å². The third-order valence-electron chi connectivity index (χ3n) is 4.51. The third-order valence-corrected chi connectivity index (χ3v) is 4.51. The lowest BCUT2D eigenvalue weighted by molar-refractivity contribution is 0.259. The average Bonchev–Trinajstić information content (AvgIpc) is 2.89. The number of likely N-dealkylation sites (N-methyl/N-ethyl adjacent to an activating group) is 1. The van der Waals surface area contributed by atoms with Gasteiger partial charge in [-0.15, -0.1) is 0 Å². The maximum atomic E-state index is 4.49. The number of fused-ring (bicyclic) bond motifs is 1. The highest BCUT2D eigenvalue weighted by Crippen LogP contribution is 2.27. The molecule has 1 heterocycles. The van der Waals surface area contributed by atoms with E-state index in [4.69, 9.17) is 0 Å². The highest BCUT2D eigenvalue weighted by molar-refractivity contribution is 5.74. The van der Waals surface area contributed by atoms with E-state index in [0.717, 1.165) is 18.0 Å². The minimum atomic E-state index is 0.568. The van der Waals surface area contributed by atoms with Crippen LogP contribution in [0, 0.1) is 5.92 Å². The van der Waals surface area contributed by atoms with Crippen molar-refractivity contribution in [2.45, 2.75) is 44.7 Å². The number of nitrogens with one attached hydrogen (secondary N) is 1. The fourth-order valence-electron chi connectivity index (χ4n) is 3.38. The van der Waals surface area contributed by atoms with Crippen molar-refractivity contribution in [2.24, 2.45) is 5.92 Å². The molecule has 1 unspecified atom stereocenters. The topological polar surface area (TPSA) is 29.9 Å². The zero-order chi connectivity index (χ0) is 13.1. The lowest BCUT2D eigenvalue weighted by Gasteiger charge is -2.30. The zero-order valence-electron chi connectivity index (χ0n) is 11.7. The van der Waals surface area contributed by atoms with Gasteiger partial charge in [-0.2, -0.15) is 0 Å². The van der Waals surface area contributed by atoms with Gasteiger partial charge in [0.05, 0.1) is 17.4 Å². The summed E-state index contributed by atoms with van der Waals surface area (Å²) < 4.78 is 2.30. The predicted octanol–water partition coefficient (Wildman–Crippen LogP) is 3.20. The number of rotatable bonds is 4. The van der Waals surface area contributed by atoms with Crippen molar-refractivity contribution in [2.75, 3.05) is 7.05 Å². The molecule has 0 aliphatic heterocycles. The van der Waals surface area contributed by atoms with Gasteiger partial charge in [-0.3, -0.25) is 0 Å². The number of aromatic nitrogens is 2. The molecular weight excluding hydrogens is 234 g/mol. The van der Waals surface area contributed by atoms with Gasteiger partial charge in [-0.05, 0) is 37.9 Å². The van der Waals surface area contributed by atoms with Crippen LogP contribution in [0.3, 0.4) is 0 Å². The molecule has 1 fully saturated rings. The molecule has 1 saturated carbocycles. The quantitative estimate of drug-likeness (QED) is 0.911. The van der Waals surface area contributed by atoms with Crippen molar-refractivity contribution < 1.29 is 0 Å². The Balaban J connectivity index is 1.78. The lowest BCUT2D eigenvalue weighted by atomic mass is 9.84. The summed E-state index contributed by atoms with van der Waals surface area (Å²) in [4.78, 5) is 4.49. The molecule has 19 heavy (non-hydrogen) atoms. The number of nitrogens with zero attached hydrogens (tertiary/aromatic N) is 2. The van der Waals surface area contributed by atoms with Crippen molar-refractivity contribution in [1.29, 1.82) is 0 Å². The second-order valence-corrected chi connectivity index (χ2v) is 5.68. The van der Waals surface area contributed by atoms with Gasteiger partial charge in [-0.25, -0.2) is 4.98 Å². The fraction of sp³-hybridized carbons (Fsp3) is 0.562. The van der Waals surface area contributed by atoms with E-state index in [2.05, 4.69) is 46.2 Å². The first-order valence-corrected chi connectivity index (χ1v) is 7.45. The molecule has 0 amide bonds. The van der Waals surface area contributed by atoms with Crippen LogP contribution in [0.4, 0.5) is 0 Å². The second kappa shape index (κ2) is 5.74. The highest BCUT2D eigenvalue weighted by atomic mass is 15.1. The molecule has 0 saturated heterocycles. The van der Waals surface area contributed by atoms with Gasteiger partial charge in [0, 0.05) is 12.6 Å². The van der Waals surface area contributed by atoms with E-state index in [0.29, 0.717) is 6.04 Å². The SMILES string of the molecule is CNC(Cn1cnc2ccccc21)C1CCCCC1. The van der Waals surface area contributed by atoms with E-state index >= 15 is 0 Å². The molecule has 3 heteroatoms. The van der Waals surface area contributed by atoms with Gasteiger partial charge < -0.3 is 9.88 Å². The molecule has 1 aliphatic carbocycles. The molecule has 0 bridgehead atoms. The van der Waals surface area contributed by atoms with E-state index in [-0.39, 0.29) is 0 Å². The molecular formula is C16H23N3. The molecule has 3 rings (SSSR count). The first kappa shape index (κ1) is 12.7. The van der Waals surface area contributed by atoms with Gasteiger partial charge in [0.2, 0.25) is 0 Å². The van der Waals surface area contributed by atoms with Crippen LogP contribution in [-0.4, -0.2) is 22.6 Å². The van der Waals surface area contributed by atoms with E-state index < -0.39 is 0 Å². The van der Waals surface area contributed by atoms with Crippen LogP contribution in [0.2, 0.25) is 0 Å². The third kappa shape index (κ3) is 2.66. The molecule has 1 aromatic heterocycles. The first-order valence-electron chi connectivity index (χ1n) is 7.45. The largest absolute Gasteiger partial charge is 0.329 e. The summed E-state index contributed by atoms with van der Waals surface area (Å²) in [5.41, 5.74) is 2.35. The lowest BCUT2D eigenvalue weighted by Crippen LogP contribution is -2.38. The molecule has 0 spiro atoms. The summed E-state index contributed by atoms with van der Waals surface area (Å²) in [5, 5.41) is 3.53. The number of benzene rings is 1. The number of para-hydroxylation sites is 2. The summed E-state index contributed by atoms with van der Waals surface area (Å²) >= 11 is 0. The summed E-state index contributed by atoms with van der Waals surface area (Å²) in [6, 6.07) is 8.96. The average molecular weight is 257 g/mol. The standard InChI is InChI=1S/C16H23N3/c1-17-15(13-7-3-2-4-8-13)11-19-12-18-14-9-5-6-10-16(14)19/h5-6,9-10,12-13,15,17H,2-4,7-8,11H2,1H3. The Kier molecular flexibility index (Phi) is 3.83. The number of imidazole rings is 1. The molecule has 1 atom stereocenters. The van der Waals surface area contributed by atoms with Gasteiger partial charge in [-0.1, -0.05) is 31.4 Å². The maximum absolute atomic E-state index is 4.49. The van der Waals surface area contributed by atoms with E-state index in [1.54, 1.807) is 0 Å². The summed E-state index contributed by atoms with van der Waals surface area (Å²) in [5.74, 6) is 0.819. The van der Waals surface area contributed by atoms with Crippen molar-refractivity contribution >= 4 is 11.0 Å². The van der Waals surface area contributed by atoms with E-state index in [1.807, 2.05) is 6.33 Å². The Morgan fingerprint density at radius 3 is 2.84 bits per heavy atom. The summed E-state index contributed by atoms with van der Waals surface area (Å²) in [6.07, 6.45) is 8.94. The van der Waals surface area contributed by atoms with Crippen LogP contribution in [0.15, 0.2) is 30.6 Å². The van der Waals surface area contributed by atoms with Crippen molar-refractivity contribution in [3.63, 3.8) is 0 Å². The van der Waals surface area contributed by atoms with E-state index in [9.17, 15) is 0 Å². The zero-order valence-corrected chi connectivity index (χ0v) is 11.7. The smallest absolute Gasteiger partial charge is 0.0958 e. The van der Waals surface area contributed by atoms with Crippen molar-refractivity contribution in [1.82, 2.24) is 14.9 Å². The van der Waals surface area contributed by atoms with Crippen LogP contribution < -0.4 is 5.32 Å². The van der Waals surface area contributed by atoms with E-state index in [1.165, 1.54) is 37.6 Å². The normalized spacial score (nSPS) is 18.8. The molecule has 1 aliphatic rings. The van der Waals surface area contributed by atoms with Crippen LogP contribution in [0.5, 0.6) is 0 Å². The fourth-order valence-corrected chi connectivity index (χ4v) is 3.38. The maximum Gasteiger partial charge on any atom is 0.0958 e.